The summed E-state index contributed by atoms with van der Waals surface area (Å²) in [7, 11) is 0. The van der Waals surface area contributed by atoms with Crippen LogP contribution in [0.15, 0.2) is 97.6 Å². The van der Waals surface area contributed by atoms with Crippen molar-refractivity contribution in [1.82, 2.24) is 19.1 Å². The maximum Gasteiger partial charge on any atom is 2.00 e. The molecule has 0 saturated carbocycles. The third-order valence-corrected chi connectivity index (χ3v) is 5.63. The smallest absolute Gasteiger partial charge is 0.435 e. The minimum atomic E-state index is -0.595. The molecule has 0 fully saturated rings. The number of carbonyl (C=O) groups is 1. The van der Waals surface area contributed by atoms with Gasteiger partial charge in [0.15, 0.2) is 5.78 Å². The predicted octanol–water partition coefficient (Wildman–Crippen LogP) is 5.43. The van der Waals surface area contributed by atoms with Gasteiger partial charge in [-0.1, -0.05) is 54.2 Å². The van der Waals surface area contributed by atoms with Crippen molar-refractivity contribution in [2.24, 2.45) is 0 Å². The van der Waals surface area contributed by atoms with Crippen LogP contribution < -0.4 is 4.90 Å². The van der Waals surface area contributed by atoms with Crippen LogP contribution in [0.2, 0.25) is 0 Å². The Bertz CT molecular complexity index is 1410. The minimum absolute atomic E-state index is 0. The summed E-state index contributed by atoms with van der Waals surface area (Å²) in [6.45, 7) is 3.65. The van der Waals surface area contributed by atoms with Gasteiger partial charge in [0.05, 0.1) is 17.7 Å². The number of anilines is 2. The first kappa shape index (κ1) is 24.4. The van der Waals surface area contributed by atoms with Crippen LogP contribution >= 0.6 is 0 Å². The molecule has 5 rings (SSSR count). The number of ketones is 1. The number of pyridine rings is 2. The number of rotatable bonds is 7. The Hall–Kier alpha value is -3.76. The van der Waals surface area contributed by atoms with E-state index >= 15 is 0 Å². The number of carbonyl (C=O) groups excluding carboxylic acids is 1. The fourth-order valence-corrected chi connectivity index (χ4v) is 4.04. The Morgan fingerprint density at radius 2 is 1.43 bits per heavy atom. The standard InChI is InChI=1S/C28H23N5O.Pt/c1-21-9-3-4-10-25(21)33(24-14-18-32(20-24)27-12-6-8-16-30-27)28(22(2)34)23-13-17-31(19-23)26-11-5-7-15-29-26;/h3-18,28H,1-2H3;/q-2;+2. The maximum atomic E-state index is 13.1. The first-order valence-electron chi connectivity index (χ1n) is 11.0. The zero-order chi connectivity index (χ0) is 23.5. The number of hydrogen-bond acceptors (Lipinski definition) is 4. The van der Waals surface area contributed by atoms with Crippen LogP contribution in [0.1, 0.15) is 24.1 Å². The number of para-hydroxylation sites is 1. The molecule has 7 heteroatoms. The molecule has 1 unspecified atom stereocenters. The van der Waals surface area contributed by atoms with E-state index < -0.39 is 6.04 Å². The summed E-state index contributed by atoms with van der Waals surface area (Å²) in [4.78, 5) is 24.0. The average Bonchev–Trinajstić information content (AvgIpc) is 3.54. The van der Waals surface area contributed by atoms with E-state index in [1.165, 1.54) is 0 Å². The van der Waals surface area contributed by atoms with E-state index in [1.54, 1.807) is 19.3 Å². The second-order valence-corrected chi connectivity index (χ2v) is 7.98. The summed E-state index contributed by atoms with van der Waals surface area (Å²) >= 11 is 0. The molecule has 0 N–H and O–H groups in total. The van der Waals surface area contributed by atoms with Crippen LogP contribution in [0.5, 0.6) is 0 Å². The Balaban J connectivity index is 0.00000289. The van der Waals surface area contributed by atoms with E-state index in [-0.39, 0.29) is 26.8 Å². The van der Waals surface area contributed by atoms with Crippen LogP contribution in [0.25, 0.3) is 11.6 Å². The number of aromatic nitrogens is 4. The molecule has 1 aromatic carbocycles. The van der Waals surface area contributed by atoms with Crippen molar-refractivity contribution < 1.29 is 25.9 Å². The first-order chi connectivity index (χ1) is 16.6. The number of hydrogen-bond donors (Lipinski definition) is 0. The van der Waals surface area contributed by atoms with E-state index in [2.05, 4.69) is 22.4 Å². The van der Waals surface area contributed by atoms with Gasteiger partial charge in [-0.15, -0.1) is 18.5 Å². The summed E-state index contributed by atoms with van der Waals surface area (Å²) in [5.74, 6) is 1.49. The molecular formula is C28H23N5OPt. The minimum Gasteiger partial charge on any atom is -0.435 e. The van der Waals surface area contributed by atoms with Gasteiger partial charge in [0.25, 0.3) is 0 Å². The first-order valence-corrected chi connectivity index (χ1v) is 11.0. The molecule has 0 aliphatic carbocycles. The third kappa shape index (κ3) is 5.03. The second kappa shape index (κ2) is 10.7. The van der Waals surface area contributed by atoms with Gasteiger partial charge in [-0.25, -0.2) is 0 Å². The number of nitrogens with zero attached hydrogens (tertiary/aromatic N) is 5. The van der Waals surface area contributed by atoms with Gasteiger partial charge in [-0.2, -0.15) is 6.07 Å². The Kier molecular flexibility index (Phi) is 7.42. The Morgan fingerprint density at radius 3 is 2.03 bits per heavy atom. The Labute approximate surface area is 219 Å². The molecule has 1 atom stereocenters. The average molecular weight is 641 g/mol. The molecule has 0 aliphatic rings. The van der Waals surface area contributed by atoms with Gasteiger partial charge in [0.2, 0.25) is 0 Å². The Morgan fingerprint density at radius 1 is 0.829 bits per heavy atom. The summed E-state index contributed by atoms with van der Waals surface area (Å²) in [6.07, 6.45) is 14.0. The summed E-state index contributed by atoms with van der Waals surface area (Å²) in [5.41, 5.74) is 3.49. The monoisotopic (exact) mass is 640 g/mol. The quantitative estimate of drug-likeness (QED) is 0.223. The molecule has 0 aliphatic heterocycles. The van der Waals surface area contributed by atoms with Crippen LogP contribution in [-0.4, -0.2) is 24.9 Å². The van der Waals surface area contributed by atoms with Gasteiger partial charge in [0.1, 0.15) is 0 Å². The number of aryl methyl sites for hydroxylation is 1. The maximum absolute atomic E-state index is 13.1. The van der Waals surface area contributed by atoms with Crippen LogP contribution in [-0.2, 0) is 25.9 Å². The fraction of sp³-hybridized carbons (Fsp3) is 0.107. The van der Waals surface area contributed by atoms with Crippen molar-refractivity contribution in [3.63, 3.8) is 0 Å². The predicted molar refractivity (Wildman–Crippen MR) is 132 cm³/mol. The molecule has 5 aromatic rings. The van der Waals surface area contributed by atoms with Gasteiger partial charge in [-0.05, 0) is 49.5 Å². The molecule has 0 bridgehead atoms. The number of Topliss-reactive ketones (excluding diaryl/α,β-unsaturated/α-hetero) is 1. The zero-order valence-electron chi connectivity index (χ0n) is 19.3. The van der Waals surface area contributed by atoms with E-state index in [0.717, 1.165) is 34.1 Å². The molecule has 0 radical (unpaired) electrons. The molecule has 176 valence electrons. The van der Waals surface area contributed by atoms with Crippen molar-refractivity contribution in [2.45, 2.75) is 19.9 Å². The summed E-state index contributed by atoms with van der Waals surface area (Å²) in [6, 6.07) is 22.7. The van der Waals surface area contributed by atoms with E-state index in [1.807, 2.05) is 106 Å². The van der Waals surface area contributed by atoms with E-state index in [9.17, 15) is 4.79 Å². The SMILES string of the molecule is CC(=O)C(c1[c-]n(-c2ccccn2)cc1)N(c1[c-]n(-c2ccccn2)cc1)c1ccccc1C.[Pt+2]. The molecule has 0 saturated heterocycles. The summed E-state index contributed by atoms with van der Waals surface area (Å²) < 4.78 is 3.64. The van der Waals surface area contributed by atoms with Gasteiger partial charge >= 0.3 is 21.1 Å². The number of benzene rings is 1. The van der Waals surface area contributed by atoms with Crippen molar-refractivity contribution in [2.75, 3.05) is 4.90 Å². The molecule has 4 heterocycles. The van der Waals surface area contributed by atoms with E-state index in [4.69, 9.17) is 0 Å². The second-order valence-electron chi connectivity index (χ2n) is 7.98. The van der Waals surface area contributed by atoms with Gasteiger partial charge < -0.3 is 14.0 Å². The van der Waals surface area contributed by atoms with Crippen LogP contribution in [0, 0.1) is 19.3 Å². The van der Waals surface area contributed by atoms with Crippen molar-refractivity contribution in [3.8, 4) is 11.6 Å². The molecule has 35 heavy (non-hydrogen) atoms. The zero-order valence-corrected chi connectivity index (χ0v) is 21.5. The van der Waals surface area contributed by atoms with Crippen LogP contribution in [0.3, 0.4) is 0 Å². The largest absolute Gasteiger partial charge is 2.00 e. The normalized spacial score (nSPS) is 11.5. The molecular weight excluding hydrogens is 617 g/mol. The van der Waals surface area contributed by atoms with Crippen LogP contribution in [0.4, 0.5) is 11.4 Å². The topological polar surface area (TPSA) is 56.0 Å². The molecule has 6 nitrogen and oxygen atoms in total. The van der Waals surface area contributed by atoms with Crippen molar-refractivity contribution >= 4 is 17.2 Å². The summed E-state index contributed by atoms with van der Waals surface area (Å²) in [5, 5.41) is 0. The van der Waals surface area contributed by atoms with Gasteiger partial charge in [0, 0.05) is 18.1 Å². The van der Waals surface area contributed by atoms with Crippen molar-refractivity contribution in [3.05, 3.63) is 121 Å². The molecule has 4 aromatic heterocycles. The van der Waals surface area contributed by atoms with E-state index in [0.29, 0.717) is 0 Å². The van der Waals surface area contributed by atoms with Gasteiger partial charge in [-0.3, -0.25) is 14.8 Å². The third-order valence-electron chi connectivity index (χ3n) is 5.63. The fourth-order valence-electron chi connectivity index (χ4n) is 4.04. The van der Waals surface area contributed by atoms with Crippen molar-refractivity contribution in [1.29, 1.82) is 0 Å². The molecule has 0 spiro atoms. The molecule has 0 amide bonds.